The highest BCUT2D eigenvalue weighted by molar-refractivity contribution is 5.91. The third-order valence-electron chi connectivity index (χ3n) is 4.23. The van der Waals surface area contributed by atoms with Crippen LogP contribution in [-0.2, 0) is 9.53 Å². The molecule has 2 aromatic rings. The van der Waals surface area contributed by atoms with Gasteiger partial charge in [0.05, 0.1) is 18.7 Å². The molecule has 1 aliphatic rings. The number of esters is 1. The van der Waals surface area contributed by atoms with E-state index in [-0.39, 0.29) is 18.6 Å². The largest absolute Gasteiger partial charge is 0.497 e. The quantitative estimate of drug-likeness (QED) is 0.787. The zero-order chi connectivity index (χ0) is 17.6. The van der Waals surface area contributed by atoms with Crippen LogP contribution in [0.1, 0.15) is 34.8 Å². The van der Waals surface area contributed by atoms with Crippen molar-refractivity contribution in [1.29, 1.82) is 0 Å². The molecule has 0 bridgehead atoms. The molecule has 1 amide bonds. The first-order valence-electron chi connectivity index (χ1n) is 8.33. The molecule has 0 saturated heterocycles. The third-order valence-corrected chi connectivity index (χ3v) is 4.23. The fourth-order valence-corrected chi connectivity index (χ4v) is 2.72. The molecule has 1 fully saturated rings. The Morgan fingerprint density at radius 1 is 1.08 bits per heavy atom. The standard InChI is InChI=1S/C20H21NO4/c1-24-17-11-9-15(10-12-17)19(14-7-8-14)21-18(22)13-25-20(23)16-5-3-2-4-6-16/h2-6,9-12,14,19H,7-8,13H2,1H3,(H,21,22)/t19-/m1/s1. The first kappa shape index (κ1) is 17.0. The van der Waals surface area contributed by atoms with Crippen LogP contribution < -0.4 is 10.1 Å². The van der Waals surface area contributed by atoms with Crippen LogP contribution in [0.3, 0.4) is 0 Å². The van der Waals surface area contributed by atoms with Gasteiger partial charge in [-0.2, -0.15) is 0 Å². The van der Waals surface area contributed by atoms with Crippen molar-refractivity contribution < 1.29 is 19.1 Å². The van der Waals surface area contributed by atoms with Gasteiger partial charge < -0.3 is 14.8 Å². The van der Waals surface area contributed by atoms with E-state index in [0.717, 1.165) is 24.2 Å². The van der Waals surface area contributed by atoms with Crippen molar-refractivity contribution in [3.63, 3.8) is 0 Å². The lowest BCUT2D eigenvalue weighted by Crippen LogP contribution is -2.33. The molecule has 1 atom stereocenters. The predicted molar refractivity (Wildman–Crippen MR) is 93.3 cm³/mol. The minimum atomic E-state index is -0.497. The van der Waals surface area contributed by atoms with Gasteiger partial charge in [0.25, 0.3) is 5.91 Å². The van der Waals surface area contributed by atoms with Crippen molar-refractivity contribution in [2.75, 3.05) is 13.7 Å². The van der Waals surface area contributed by atoms with Gasteiger partial charge in [0.15, 0.2) is 6.61 Å². The zero-order valence-electron chi connectivity index (χ0n) is 14.1. The minimum absolute atomic E-state index is 0.0613. The highest BCUT2D eigenvalue weighted by atomic mass is 16.5. The first-order chi connectivity index (χ1) is 12.2. The molecule has 5 nitrogen and oxygen atoms in total. The van der Waals surface area contributed by atoms with Gasteiger partial charge in [-0.3, -0.25) is 4.79 Å². The summed E-state index contributed by atoms with van der Waals surface area (Å²) in [6.07, 6.45) is 2.17. The predicted octanol–water partition coefficient (Wildman–Crippen LogP) is 3.12. The lowest BCUT2D eigenvalue weighted by atomic mass is 10.0. The van der Waals surface area contributed by atoms with Crippen molar-refractivity contribution in [1.82, 2.24) is 5.32 Å². The summed E-state index contributed by atoms with van der Waals surface area (Å²) in [5.74, 6) is 0.420. The normalized spacial score (nSPS) is 14.4. The van der Waals surface area contributed by atoms with E-state index in [4.69, 9.17) is 9.47 Å². The second kappa shape index (κ2) is 7.83. The third kappa shape index (κ3) is 4.59. The molecule has 0 aromatic heterocycles. The molecule has 25 heavy (non-hydrogen) atoms. The number of benzene rings is 2. The van der Waals surface area contributed by atoms with Gasteiger partial charge in [0.2, 0.25) is 0 Å². The summed E-state index contributed by atoms with van der Waals surface area (Å²) in [5.41, 5.74) is 1.47. The molecule has 0 radical (unpaired) electrons. The molecular formula is C20H21NO4. The van der Waals surface area contributed by atoms with E-state index >= 15 is 0 Å². The van der Waals surface area contributed by atoms with Gasteiger partial charge in [-0.15, -0.1) is 0 Å². The van der Waals surface area contributed by atoms with E-state index in [1.165, 1.54) is 0 Å². The summed E-state index contributed by atoms with van der Waals surface area (Å²) >= 11 is 0. The van der Waals surface area contributed by atoms with Crippen LogP contribution in [0.4, 0.5) is 0 Å². The van der Waals surface area contributed by atoms with Crippen LogP contribution in [0, 0.1) is 5.92 Å². The van der Waals surface area contributed by atoms with Gasteiger partial charge in [0.1, 0.15) is 5.75 Å². The molecular weight excluding hydrogens is 318 g/mol. The van der Waals surface area contributed by atoms with E-state index in [1.54, 1.807) is 31.4 Å². The molecule has 1 aliphatic carbocycles. The summed E-state index contributed by atoms with van der Waals surface area (Å²) in [7, 11) is 1.62. The van der Waals surface area contributed by atoms with Crippen molar-refractivity contribution in [2.45, 2.75) is 18.9 Å². The number of ether oxygens (including phenoxy) is 2. The number of hydrogen-bond acceptors (Lipinski definition) is 4. The summed E-state index contributed by atoms with van der Waals surface area (Å²) in [4.78, 5) is 24.1. The molecule has 3 rings (SSSR count). The van der Waals surface area contributed by atoms with Crippen LogP contribution in [0.2, 0.25) is 0 Å². The monoisotopic (exact) mass is 339 g/mol. The van der Waals surface area contributed by atoms with Gasteiger partial charge >= 0.3 is 5.97 Å². The average molecular weight is 339 g/mol. The van der Waals surface area contributed by atoms with Gasteiger partial charge in [-0.1, -0.05) is 30.3 Å². The van der Waals surface area contributed by atoms with Gasteiger partial charge in [-0.25, -0.2) is 4.79 Å². The van der Waals surface area contributed by atoms with E-state index in [2.05, 4.69) is 5.32 Å². The fraction of sp³-hybridized carbons (Fsp3) is 0.300. The summed E-state index contributed by atoms with van der Waals surface area (Å²) in [6, 6.07) is 16.3. The van der Waals surface area contributed by atoms with Crippen molar-refractivity contribution in [2.24, 2.45) is 5.92 Å². The van der Waals surface area contributed by atoms with Crippen molar-refractivity contribution in [3.8, 4) is 5.75 Å². The average Bonchev–Trinajstić information content (AvgIpc) is 3.50. The molecule has 0 unspecified atom stereocenters. The maximum atomic E-state index is 12.2. The molecule has 1 N–H and O–H groups in total. The van der Waals surface area contributed by atoms with Crippen LogP contribution in [-0.4, -0.2) is 25.6 Å². The van der Waals surface area contributed by atoms with Crippen LogP contribution in [0.15, 0.2) is 54.6 Å². The Kier molecular flexibility index (Phi) is 5.33. The van der Waals surface area contributed by atoms with Crippen molar-refractivity contribution >= 4 is 11.9 Å². The lowest BCUT2D eigenvalue weighted by Gasteiger charge is -2.19. The van der Waals surface area contributed by atoms with Gasteiger partial charge in [-0.05, 0) is 48.6 Å². The van der Waals surface area contributed by atoms with E-state index in [9.17, 15) is 9.59 Å². The fourth-order valence-electron chi connectivity index (χ4n) is 2.72. The Bertz CT molecular complexity index is 723. The van der Waals surface area contributed by atoms with Gasteiger partial charge in [0, 0.05) is 0 Å². The molecule has 0 aliphatic heterocycles. The highest BCUT2D eigenvalue weighted by Gasteiger charge is 2.33. The van der Waals surface area contributed by atoms with Crippen LogP contribution in [0.25, 0.3) is 0 Å². The SMILES string of the molecule is COc1ccc([C@H](NC(=O)COC(=O)c2ccccc2)C2CC2)cc1. The number of carbonyl (C=O) groups excluding carboxylic acids is 2. The Morgan fingerprint density at radius 3 is 2.36 bits per heavy atom. The van der Waals surface area contributed by atoms with Crippen LogP contribution >= 0.6 is 0 Å². The van der Waals surface area contributed by atoms with E-state index in [0.29, 0.717) is 11.5 Å². The Balaban J connectivity index is 1.56. The number of carbonyl (C=O) groups is 2. The van der Waals surface area contributed by atoms with Crippen LogP contribution in [0.5, 0.6) is 5.75 Å². The van der Waals surface area contributed by atoms with E-state index in [1.807, 2.05) is 30.3 Å². The number of methoxy groups -OCH3 is 1. The first-order valence-corrected chi connectivity index (χ1v) is 8.33. The molecule has 1 saturated carbocycles. The molecule has 2 aromatic carbocycles. The number of rotatable bonds is 7. The topological polar surface area (TPSA) is 64.6 Å². The summed E-state index contributed by atoms with van der Waals surface area (Å²) in [5, 5.41) is 2.98. The summed E-state index contributed by atoms with van der Waals surface area (Å²) < 4.78 is 10.3. The minimum Gasteiger partial charge on any atom is -0.497 e. The Morgan fingerprint density at radius 2 is 1.76 bits per heavy atom. The highest BCUT2D eigenvalue weighted by Crippen LogP contribution is 2.41. The maximum Gasteiger partial charge on any atom is 0.338 e. The Hall–Kier alpha value is -2.82. The van der Waals surface area contributed by atoms with E-state index < -0.39 is 5.97 Å². The Labute approximate surface area is 147 Å². The second-order valence-electron chi connectivity index (χ2n) is 6.10. The molecule has 5 heteroatoms. The maximum absolute atomic E-state index is 12.2. The zero-order valence-corrected chi connectivity index (χ0v) is 14.1. The summed E-state index contributed by atoms with van der Waals surface area (Å²) in [6.45, 7) is -0.285. The smallest absolute Gasteiger partial charge is 0.338 e. The lowest BCUT2D eigenvalue weighted by molar-refractivity contribution is -0.125. The molecule has 130 valence electrons. The number of nitrogens with one attached hydrogen (secondary N) is 1. The second-order valence-corrected chi connectivity index (χ2v) is 6.10. The number of hydrogen-bond donors (Lipinski definition) is 1. The molecule has 0 heterocycles. The van der Waals surface area contributed by atoms with Crippen molar-refractivity contribution in [3.05, 3.63) is 65.7 Å². The number of amides is 1. The molecule has 0 spiro atoms.